The molecule has 0 atom stereocenters. The van der Waals surface area contributed by atoms with Gasteiger partial charge >= 0.3 is 0 Å². The molecule has 2 nitrogen and oxygen atoms in total. The highest BCUT2D eigenvalue weighted by Crippen LogP contribution is 2.17. The van der Waals surface area contributed by atoms with Crippen LogP contribution in [-0.2, 0) is 0 Å². The molecule has 2 rings (SSSR count). The van der Waals surface area contributed by atoms with E-state index in [0.717, 1.165) is 16.3 Å². The highest BCUT2D eigenvalue weighted by Gasteiger charge is 1.93. The molecule has 0 aliphatic rings. The number of rotatable bonds is 2. The van der Waals surface area contributed by atoms with Gasteiger partial charge in [0.15, 0.2) is 0 Å². The summed E-state index contributed by atoms with van der Waals surface area (Å²) in [6.45, 7) is 0. The Morgan fingerprint density at radius 1 is 1.21 bits per heavy atom. The van der Waals surface area contributed by atoms with Crippen LogP contribution in [0.15, 0.2) is 36.8 Å². The zero-order chi connectivity index (χ0) is 9.80. The minimum absolute atomic E-state index is 0.753. The molecular formula is C11H9ClN2. The topological polar surface area (TPSA) is 28.7 Å². The van der Waals surface area contributed by atoms with Gasteiger partial charge < -0.3 is 4.98 Å². The first-order valence-electron chi connectivity index (χ1n) is 4.27. The van der Waals surface area contributed by atoms with Crippen LogP contribution in [0.1, 0.15) is 11.3 Å². The predicted molar refractivity (Wildman–Crippen MR) is 59.0 cm³/mol. The van der Waals surface area contributed by atoms with Crippen LogP contribution in [0.3, 0.4) is 0 Å². The fourth-order valence-electron chi connectivity index (χ4n) is 1.15. The first-order chi connectivity index (χ1) is 6.86. The summed E-state index contributed by atoms with van der Waals surface area (Å²) in [4.78, 5) is 6.90. The van der Waals surface area contributed by atoms with Crippen LogP contribution in [0.2, 0.25) is 5.02 Å². The standard InChI is InChI=1S/C11H9ClN2/c12-11-4-2-1-3-9(11)5-6-10-7-13-8-14-10/h1-8H,(H,13,14)/b6-5-. The molecule has 0 saturated carbocycles. The Kier molecular flexibility index (Phi) is 2.65. The third kappa shape index (κ3) is 2.03. The quantitative estimate of drug-likeness (QED) is 0.800. The van der Waals surface area contributed by atoms with Gasteiger partial charge in [0.05, 0.1) is 18.2 Å². The molecule has 1 N–H and O–H groups in total. The number of aromatic nitrogens is 2. The second-order valence-electron chi connectivity index (χ2n) is 2.86. The lowest BCUT2D eigenvalue weighted by atomic mass is 10.2. The summed E-state index contributed by atoms with van der Waals surface area (Å²) in [5, 5.41) is 0.753. The lowest BCUT2D eigenvalue weighted by molar-refractivity contribution is 1.31. The second-order valence-corrected chi connectivity index (χ2v) is 3.27. The summed E-state index contributed by atoms with van der Waals surface area (Å²) in [7, 11) is 0. The molecule has 14 heavy (non-hydrogen) atoms. The van der Waals surface area contributed by atoms with E-state index in [1.54, 1.807) is 12.5 Å². The third-order valence-electron chi connectivity index (χ3n) is 1.87. The zero-order valence-electron chi connectivity index (χ0n) is 7.44. The van der Waals surface area contributed by atoms with Gasteiger partial charge in [-0.1, -0.05) is 35.9 Å². The summed E-state index contributed by atoms with van der Waals surface area (Å²) >= 11 is 5.99. The smallest absolute Gasteiger partial charge is 0.0924 e. The SMILES string of the molecule is Clc1ccccc1/C=C\c1cnc[nH]1. The van der Waals surface area contributed by atoms with E-state index >= 15 is 0 Å². The van der Waals surface area contributed by atoms with Gasteiger partial charge in [-0.3, -0.25) is 0 Å². The van der Waals surface area contributed by atoms with Crippen LogP contribution in [0.4, 0.5) is 0 Å². The molecule has 0 bridgehead atoms. The lowest BCUT2D eigenvalue weighted by Gasteiger charge is -1.95. The molecule has 0 aliphatic heterocycles. The van der Waals surface area contributed by atoms with Gasteiger partial charge in [0, 0.05) is 5.02 Å². The van der Waals surface area contributed by atoms with Crippen molar-refractivity contribution in [3.8, 4) is 0 Å². The summed E-state index contributed by atoms with van der Waals surface area (Å²) in [5.41, 5.74) is 1.97. The summed E-state index contributed by atoms with van der Waals surface area (Å²) < 4.78 is 0. The molecule has 0 aliphatic carbocycles. The van der Waals surface area contributed by atoms with Crippen LogP contribution >= 0.6 is 11.6 Å². The maximum atomic E-state index is 5.99. The van der Waals surface area contributed by atoms with Crippen LogP contribution in [-0.4, -0.2) is 9.97 Å². The average molecular weight is 205 g/mol. The summed E-state index contributed by atoms with van der Waals surface area (Å²) in [6.07, 6.45) is 7.30. The van der Waals surface area contributed by atoms with E-state index in [1.807, 2.05) is 36.4 Å². The number of nitrogens with one attached hydrogen (secondary N) is 1. The fraction of sp³-hybridized carbons (Fsp3) is 0. The average Bonchev–Trinajstić information content (AvgIpc) is 2.69. The number of hydrogen-bond acceptors (Lipinski definition) is 1. The number of halogens is 1. The van der Waals surface area contributed by atoms with E-state index in [4.69, 9.17) is 11.6 Å². The number of nitrogens with zero attached hydrogens (tertiary/aromatic N) is 1. The van der Waals surface area contributed by atoms with Crippen molar-refractivity contribution in [3.63, 3.8) is 0 Å². The van der Waals surface area contributed by atoms with Gasteiger partial charge in [-0.2, -0.15) is 0 Å². The fourth-order valence-corrected chi connectivity index (χ4v) is 1.35. The van der Waals surface area contributed by atoms with Gasteiger partial charge in [0.25, 0.3) is 0 Å². The van der Waals surface area contributed by atoms with E-state index < -0.39 is 0 Å². The van der Waals surface area contributed by atoms with Crippen LogP contribution in [0.25, 0.3) is 12.2 Å². The Labute approximate surface area is 87.3 Å². The Morgan fingerprint density at radius 2 is 2.07 bits per heavy atom. The van der Waals surface area contributed by atoms with Gasteiger partial charge in [-0.25, -0.2) is 4.98 Å². The second kappa shape index (κ2) is 4.11. The van der Waals surface area contributed by atoms with Crippen molar-refractivity contribution < 1.29 is 0 Å². The van der Waals surface area contributed by atoms with Crippen molar-refractivity contribution in [2.45, 2.75) is 0 Å². The maximum absolute atomic E-state index is 5.99. The predicted octanol–water partition coefficient (Wildman–Crippen LogP) is 3.23. The molecule has 0 unspecified atom stereocenters. The maximum Gasteiger partial charge on any atom is 0.0924 e. The lowest BCUT2D eigenvalue weighted by Crippen LogP contribution is -1.73. The van der Waals surface area contributed by atoms with Gasteiger partial charge in [-0.05, 0) is 17.7 Å². The molecule has 1 aromatic heterocycles. The molecular weight excluding hydrogens is 196 g/mol. The Hall–Kier alpha value is -1.54. The van der Waals surface area contributed by atoms with Crippen molar-refractivity contribution in [2.75, 3.05) is 0 Å². The van der Waals surface area contributed by atoms with Gasteiger partial charge in [-0.15, -0.1) is 0 Å². The highest BCUT2D eigenvalue weighted by molar-refractivity contribution is 6.32. The van der Waals surface area contributed by atoms with Gasteiger partial charge in [0.1, 0.15) is 0 Å². The molecule has 0 spiro atoms. The van der Waals surface area contributed by atoms with E-state index in [1.165, 1.54) is 0 Å². The van der Waals surface area contributed by atoms with Crippen molar-refractivity contribution in [3.05, 3.63) is 53.1 Å². The minimum Gasteiger partial charge on any atom is -0.345 e. The monoisotopic (exact) mass is 204 g/mol. The molecule has 0 amide bonds. The van der Waals surface area contributed by atoms with E-state index in [9.17, 15) is 0 Å². The largest absolute Gasteiger partial charge is 0.345 e. The number of aromatic amines is 1. The Balaban J connectivity index is 2.23. The first kappa shape index (κ1) is 9.03. The molecule has 3 heteroatoms. The molecule has 0 radical (unpaired) electrons. The number of benzene rings is 1. The molecule has 0 saturated heterocycles. The van der Waals surface area contributed by atoms with Crippen molar-refractivity contribution >= 4 is 23.8 Å². The molecule has 1 aromatic carbocycles. The highest BCUT2D eigenvalue weighted by atomic mass is 35.5. The summed E-state index contributed by atoms with van der Waals surface area (Å²) in [6, 6.07) is 7.71. The van der Waals surface area contributed by atoms with Gasteiger partial charge in [0.2, 0.25) is 0 Å². The number of imidazole rings is 1. The van der Waals surface area contributed by atoms with Crippen molar-refractivity contribution in [1.29, 1.82) is 0 Å². The Bertz CT molecular complexity index is 432. The number of hydrogen-bond donors (Lipinski definition) is 1. The molecule has 70 valence electrons. The van der Waals surface area contributed by atoms with Crippen LogP contribution in [0.5, 0.6) is 0 Å². The van der Waals surface area contributed by atoms with E-state index in [2.05, 4.69) is 9.97 Å². The van der Waals surface area contributed by atoms with Crippen LogP contribution in [0, 0.1) is 0 Å². The normalized spacial score (nSPS) is 10.9. The van der Waals surface area contributed by atoms with Crippen molar-refractivity contribution in [1.82, 2.24) is 9.97 Å². The number of H-pyrrole nitrogens is 1. The first-order valence-corrected chi connectivity index (χ1v) is 4.65. The zero-order valence-corrected chi connectivity index (χ0v) is 8.20. The molecule has 0 fully saturated rings. The minimum atomic E-state index is 0.753. The molecule has 2 aromatic rings. The van der Waals surface area contributed by atoms with Crippen LogP contribution < -0.4 is 0 Å². The van der Waals surface area contributed by atoms with E-state index in [0.29, 0.717) is 0 Å². The Morgan fingerprint density at radius 3 is 2.79 bits per heavy atom. The van der Waals surface area contributed by atoms with E-state index in [-0.39, 0.29) is 0 Å². The molecule has 1 heterocycles. The van der Waals surface area contributed by atoms with Crippen molar-refractivity contribution in [2.24, 2.45) is 0 Å². The summed E-state index contributed by atoms with van der Waals surface area (Å²) in [5.74, 6) is 0. The third-order valence-corrected chi connectivity index (χ3v) is 2.21.